The normalized spacial score (nSPS) is 14.4. The quantitative estimate of drug-likeness (QED) is 0.834. The van der Waals surface area contributed by atoms with Crippen LogP contribution in [-0.2, 0) is 0 Å². The second-order valence-corrected chi connectivity index (χ2v) is 4.54. The van der Waals surface area contributed by atoms with Gasteiger partial charge in [0.2, 0.25) is 0 Å². The number of hydrogen-bond donors (Lipinski definition) is 0. The van der Waals surface area contributed by atoms with E-state index >= 15 is 0 Å². The molecule has 1 aromatic carbocycles. The van der Waals surface area contributed by atoms with Gasteiger partial charge in [0, 0.05) is 12.4 Å². The minimum atomic E-state index is -0.459. The van der Waals surface area contributed by atoms with E-state index in [1.807, 2.05) is 19.1 Å². The average molecular weight is 267 g/mol. The van der Waals surface area contributed by atoms with Gasteiger partial charge in [-0.15, -0.1) is 0 Å². The number of rotatable bonds is 2. The molecule has 1 aliphatic heterocycles. The number of ether oxygens (including phenoxy) is 2. The van der Waals surface area contributed by atoms with Crippen molar-refractivity contribution in [3.63, 3.8) is 0 Å². The molecular formula is C15H13N3O2. The molecule has 0 spiro atoms. The summed E-state index contributed by atoms with van der Waals surface area (Å²) in [6.45, 7) is 3.03. The highest BCUT2D eigenvalue weighted by molar-refractivity contribution is 5.51. The van der Waals surface area contributed by atoms with Crippen molar-refractivity contribution < 1.29 is 9.47 Å². The zero-order chi connectivity index (χ0) is 13.9. The van der Waals surface area contributed by atoms with Gasteiger partial charge in [-0.1, -0.05) is 0 Å². The highest BCUT2D eigenvalue weighted by atomic mass is 16.6. The van der Waals surface area contributed by atoms with Crippen molar-refractivity contribution in [1.82, 2.24) is 9.97 Å². The fourth-order valence-electron chi connectivity index (χ4n) is 2.27. The van der Waals surface area contributed by atoms with Gasteiger partial charge in [0.15, 0.2) is 11.5 Å². The summed E-state index contributed by atoms with van der Waals surface area (Å²) in [5.41, 5.74) is 2.48. The van der Waals surface area contributed by atoms with Gasteiger partial charge in [-0.05, 0) is 30.2 Å². The van der Waals surface area contributed by atoms with Crippen molar-refractivity contribution in [3.05, 3.63) is 47.5 Å². The molecule has 2 heterocycles. The summed E-state index contributed by atoms with van der Waals surface area (Å²) in [6.07, 6.45) is 4.80. The fourth-order valence-corrected chi connectivity index (χ4v) is 2.27. The Morgan fingerprint density at radius 1 is 1.20 bits per heavy atom. The third kappa shape index (κ3) is 2.16. The van der Waals surface area contributed by atoms with E-state index in [9.17, 15) is 5.26 Å². The lowest BCUT2D eigenvalue weighted by Crippen LogP contribution is -2.16. The molecule has 1 aliphatic rings. The van der Waals surface area contributed by atoms with Gasteiger partial charge in [0.05, 0.1) is 18.0 Å². The van der Waals surface area contributed by atoms with E-state index in [-0.39, 0.29) is 0 Å². The van der Waals surface area contributed by atoms with E-state index in [1.165, 1.54) is 0 Å². The third-order valence-corrected chi connectivity index (χ3v) is 3.25. The molecule has 0 radical (unpaired) electrons. The van der Waals surface area contributed by atoms with Crippen molar-refractivity contribution in [2.24, 2.45) is 0 Å². The smallest absolute Gasteiger partial charge is 0.161 e. The molecule has 0 bridgehead atoms. The van der Waals surface area contributed by atoms with Gasteiger partial charge in [-0.3, -0.25) is 9.97 Å². The molecule has 20 heavy (non-hydrogen) atoms. The lowest BCUT2D eigenvalue weighted by molar-refractivity contribution is 0.171. The van der Waals surface area contributed by atoms with Crippen molar-refractivity contribution in [2.45, 2.75) is 12.8 Å². The minimum Gasteiger partial charge on any atom is -0.486 e. The number of fused-ring (bicyclic) bond motifs is 1. The van der Waals surface area contributed by atoms with Gasteiger partial charge in [0.1, 0.15) is 19.1 Å². The minimum absolute atomic E-state index is 0.459. The average Bonchev–Trinajstić information content (AvgIpc) is 2.49. The summed E-state index contributed by atoms with van der Waals surface area (Å²) in [5, 5.41) is 9.47. The molecule has 1 unspecified atom stereocenters. The Morgan fingerprint density at radius 3 is 2.60 bits per heavy atom. The highest BCUT2D eigenvalue weighted by Crippen LogP contribution is 2.36. The van der Waals surface area contributed by atoms with Crippen LogP contribution in [-0.4, -0.2) is 23.2 Å². The van der Waals surface area contributed by atoms with Crippen LogP contribution in [0.4, 0.5) is 0 Å². The van der Waals surface area contributed by atoms with Gasteiger partial charge in [-0.25, -0.2) is 0 Å². The summed E-state index contributed by atoms with van der Waals surface area (Å²) in [5.74, 6) is 0.953. The lowest BCUT2D eigenvalue weighted by atomic mass is 9.93. The first-order valence-corrected chi connectivity index (χ1v) is 6.35. The molecule has 100 valence electrons. The van der Waals surface area contributed by atoms with Crippen LogP contribution < -0.4 is 9.47 Å². The molecule has 5 heteroatoms. The van der Waals surface area contributed by atoms with Crippen LogP contribution in [0, 0.1) is 18.3 Å². The van der Waals surface area contributed by atoms with Gasteiger partial charge < -0.3 is 9.47 Å². The predicted octanol–water partition coefficient (Wildman–Crippen LogP) is 2.21. The molecule has 0 amide bonds. The zero-order valence-electron chi connectivity index (χ0n) is 11.0. The van der Waals surface area contributed by atoms with Crippen LogP contribution in [0.3, 0.4) is 0 Å². The molecule has 5 nitrogen and oxygen atoms in total. The first-order chi connectivity index (χ1) is 9.79. The number of benzene rings is 1. The maximum atomic E-state index is 9.47. The number of nitrogens with zero attached hydrogens (tertiary/aromatic N) is 3. The Morgan fingerprint density at radius 2 is 1.95 bits per heavy atom. The summed E-state index contributed by atoms with van der Waals surface area (Å²) < 4.78 is 11.1. The van der Waals surface area contributed by atoms with E-state index in [0.717, 1.165) is 16.9 Å². The van der Waals surface area contributed by atoms with E-state index in [0.29, 0.717) is 24.7 Å². The second kappa shape index (κ2) is 5.17. The first-order valence-electron chi connectivity index (χ1n) is 6.35. The molecule has 0 saturated carbocycles. The third-order valence-electron chi connectivity index (χ3n) is 3.25. The maximum Gasteiger partial charge on any atom is 0.161 e. The van der Waals surface area contributed by atoms with Crippen molar-refractivity contribution in [1.29, 1.82) is 5.26 Å². The molecule has 0 N–H and O–H groups in total. The molecule has 0 saturated heterocycles. The Kier molecular flexibility index (Phi) is 3.21. The molecular weight excluding hydrogens is 254 g/mol. The van der Waals surface area contributed by atoms with Crippen LogP contribution in [0.15, 0.2) is 30.7 Å². The number of aromatic nitrogens is 2. The van der Waals surface area contributed by atoms with Gasteiger partial charge in [-0.2, -0.15) is 5.26 Å². The maximum absolute atomic E-state index is 9.47. The van der Waals surface area contributed by atoms with E-state index in [1.54, 1.807) is 18.6 Å². The van der Waals surface area contributed by atoms with Crippen molar-refractivity contribution >= 4 is 0 Å². The Balaban J connectivity index is 2.07. The standard InChI is InChI=1S/C15H13N3O2/c1-10-6-14-15(20-5-4-19-14)7-11(10)12(8-16)13-9-17-2-3-18-13/h2-3,6-7,9,12H,4-5H2,1H3. The first kappa shape index (κ1) is 12.4. The Labute approximate surface area is 116 Å². The molecule has 1 aromatic heterocycles. The van der Waals surface area contributed by atoms with E-state index in [4.69, 9.17) is 9.47 Å². The molecule has 1 atom stereocenters. The van der Waals surface area contributed by atoms with Gasteiger partial charge >= 0.3 is 0 Å². The summed E-state index contributed by atoms with van der Waals surface area (Å²) >= 11 is 0. The van der Waals surface area contributed by atoms with Crippen LogP contribution in [0.5, 0.6) is 11.5 Å². The molecule has 0 aliphatic carbocycles. The SMILES string of the molecule is Cc1cc2c(cc1C(C#N)c1cnccn1)OCCO2. The monoisotopic (exact) mass is 267 g/mol. The van der Waals surface area contributed by atoms with E-state index < -0.39 is 5.92 Å². The Bertz CT molecular complexity index is 665. The van der Waals surface area contributed by atoms with Crippen LogP contribution in [0.2, 0.25) is 0 Å². The van der Waals surface area contributed by atoms with Gasteiger partial charge in [0.25, 0.3) is 0 Å². The summed E-state index contributed by atoms with van der Waals surface area (Å²) in [7, 11) is 0. The second-order valence-electron chi connectivity index (χ2n) is 4.54. The number of hydrogen-bond acceptors (Lipinski definition) is 5. The summed E-state index contributed by atoms with van der Waals surface area (Å²) in [4.78, 5) is 8.25. The van der Waals surface area contributed by atoms with Crippen molar-refractivity contribution in [3.8, 4) is 17.6 Å². The highest BCUT2D eigenvalue weighted by Gasteiger charge is 2.21. The van der Waals surface area contributed by atoms with Crippen molar-refractivity contribution in [2.75, 3.05) is 13.2 Å². The largest absolute Gasteiger partial charge is 0.486 e. The number of aryl methyl sites for hydroxylation is 1. The predicted molar refractivity (Wildman–Crippen MR) is 71.7 cm³/mol. The zero-order valence-corrected chi connectivity index (χ0v) is 11.0. The van der Waals surface area contributed by atoms with Crippen LogP contribution in [0.25, 0.3) is 0 Å². The molecule has 0 fully saturated rings. The molecule has 3 rings (SSSR count). The lowest BCUT2D eigenvalue weighted by Gasteiger charge is -2.21. The fraction of sp³-hybridized carbons (Fsp3) is 0.267. The topological polar surface area (TPSA) is 68.0 Å². The van der Waals surface area contributed by atoms with Crippen LogP contribution >= 0.6 is 0 Å². The molecule has 2 aromatic rings. The Hall–Kier alpha value is -2.61. The number of nitriles is 1. The van der Waals surface area contributed by atoms with E-state index in [2.05, 4.69) is 16.0 Å². The van der Waals surface area contributed by atoms with Crippen LogP contribution in [0.1, 0.15) is 22.7 Å². The summed E-state index contributed by atoms with van der Waals surface area (Å²) in [6, 6.07) is 6.06.